The molecule has 0 saturated carbocycles. The number of rotatable bonds is 3. The molecule has 0 radical (unpaired) electrons. The average molecular weight is 278 g/mol. The number of pyridine rings is 1. The van der Waals surface area contributed by atoms with Gasteiger partial charge in [0.25, 0.3) is 0 Å². The Bertz CT molecular complexity index is 641. The molecule has 0 aliphatic rings. The Morgan fingerprint density at radius 1 is 1.21 bits per heavy atom. The number of hydrogen-bond acceptors (Lipinski definition) is 3. The monoisotopic (exact) mass is 277 g/mol. The van der Waals surface area contributed by atoms with Crippen LogP contribution in [0, 0.1) is 13.8 Å². The summed E-state index contributed by atoms with van der Waals surface area (Å²) in [6.07, 6.45) is 0. The summed E-state index contributed by atoms with van der Waals surface area (Å²) in [6, 6.07) is 8.59. The van der Waals surface area contributed by atoms with Gasteiger partial charge in [0, 0.05) is 6.07 Å². The molecule has 0 atom stereocenters. The molecular formula is C14H12ClNO3. The van der Waals surface area contributed by atoms with Crippen LogP contribution in [0.3, 0.4) is 0 Å². The number of carbonyl (C=O) groups is 1. The van der Waals surface area contributed by atoms with E-state index in [2.05, 4.69) is 4.98 Å². The molecule has 2 rings (SSSR count). The van der Waals surface area contributed by atoms with Crippen LogP contribution in [-0.2, 0) is 0 Å². The van der Waals surface area contributed by atoms with Crippen molar-refractivity contribution in [2.75, 3.05) is 0 Å². The summed E-state index contributed by atoms with van der Waals surface area (Å²) in [5.41, 5.74) is 2.02. The van der Waals surface area contributed by atoms with Crippen molar-refractivity contribution in [1.29, 1.82) is 0 Å². The molecule has 98 valence electrons. The van der Waals surface area contributed by atoms with Gasteiger partial charge in [0.05, 0.1) is 5.02 Å². The van der Waals surface area contributed by atoms with Crippen molar-refractivity contribution >= 4 is 17.6 Å². The molecule has 1 aromatic heterocycles. The number of benzene rings is 1. The largest absolute Gasteiger partial charge is 0.476 e. The highest BCUT2D eigenvalue weighted by Gasteiger charge is 2.12. The molecule has 19 heavy (non-hydrogen) atoms. The average Bonchev–Trinajstić information content (AvgIpc) is 2.36. The number of nitrogens with zero attached hydrogens (tertiary/aromatic N) is 1. The summed E-state index contributed by atoms with van der Waals surface area (Å²) in [6.45, 7) is 3.97. The van der Waals surface area contributed by atoms with Gasteiger partial charge in [-0.3, -0.25) is 0 Å². The second kappa shape index (κ2) is 5.28. The zero-order chi connectivity index (χ0) is 14.0. The summed E-state index contributed by atoms with van der Waals surface area (Å²) in [5.74, 6) is -0.380. The topological polar surface area (TPSA) is 59.4 Å². The quantitative estimate of drug-likeness (QED) is 0.926. The Labute approximate surface area is 115 Å². The molecule has 2 aromatic rings. The molecule has 0 saturated heterocycles. The van der Waals surface area contributed by atoms with Gasteiger partial charge >= 0.3 is 5.97 Å². The van der Waals surface area contributed by atoms with Gasteiger partial charge in [-0.05, 0) is 43.2 Å². The van der Waals surface area contributed by atoms with Crippen molar-refractivity contribution in [3.05, 3.63) is 52.2 Å². The molecule has 0 bridgehead atoms. The molecule has 1 heterocycles. The van der Waals surface area contributed by atoms with E-state index in [0.29, 0.717) is 5.75 Å². The highest BCUT2D eigenvalue weighted by molar-refractivity contribution is 6.33. The first-order valence-electron chi connectivity index (χ1n) is 5.62. The first-order valence-corrected chi connectivity index (χ1v) is 6.00. The third-order valence-corrected chi connectivity index (χ3v) is 3.03. The van der Waals surface area contributed by atoms with Gasteiger partial charge < -0.3 is 9.84 Å². The normalized spacial score (nSPS) is 10.3. The van der Waals surface area contributed by atoms with Crippen LogP contribution in [0.15, 0.2) is 30.3 Å². The molecular weight excluding hydrogens is 266 g/mol. The van der Waals surface area contributed by atoms with Crippen LogP contribution in [0.2, 0.25) is 5.02 Å². The Kier molecular flexibility index (Phi) is 3.71. The van der Waals surface area contributed by atoms with Crippen LogP contribution in [0.25, 0.3) is 0 Å². The SMILES string of the molecule is Cc1ccc(Oc2ccc(Cl)c(C(=O)O)n2)cc1C. The van der Waals surface area contributed by atoms with Crippen molar-refractivity contribution in [1.82, 2.24) is 4.98 Å². The maximum absolute atomic E-state index is 10.9. The fourth-order valence-corrected chi connectivity index (χ4v) is 1.72. The highest BCUT2D eigenvalue weighted by atomic mass is 35.5. The molecule has 0 aliphatic heterocycles. The maximum atomic E-state index is 10.9. The van der Waals surface area contributed by atoms with E-state index in [1.54, 1.807) is 6.07 Å². The Morgan fingerprint density at radius 3 is 2.58 bits per heavy atom. The predicted molar refractivity (Wildman–Crippen MR) is 72.2 cm³/mol. The molecule has 1 N–H and O–H groups in total. The first kappa shape index (κ1) is 13.4. The van der Waals surface area contributed by atoms with Gasteiger partial charge in [0.15, 0.2) is 5.69 Å². The number of aromatic carboxylic acids is 1. The van der Waals surface area contributed by atoms with E-state index in [1.807, 2.05) is 26.0 Å². The van der Waals surface area contributed by atoms with E-state index >= 15 is 0 Å². The van der Waals surface area contributed by atoms with Crippen LogP contribution in [0.4, 0.5) is 0 Å². The lowest BCUT2D eigenvalue weighted by Gasteiger charge is -2.08. The number of carboxylic acid groups (broad SMARTS) is 1. The number of ether oxygens (including phenoxy) is 1. The number of aryl methyl sites for hydroxylation is 2. The van der Waals surface area contributed by atoms with Crippen LogP contribution in [-0.4, -0.2) is 16.1 Å². The molecule has 0 unspecified atom stereocenters. The summed E-state index contributed by atoms with van der Waals surface area (Å²) in [7, 11) is 0. The molecule has 0 aliphatic carbocycles. The first-order chi connectivity index (χ1) is 8.97. The van der Waals surface area contributed by atoms with Gasteiger partial charge in [0.2, 0.25) is 5.88 Å². The van der Waals surface area contributed by atoms with Gasteiger partial charge in [0.1, 0.15) is 5.75 Å². The van der Waals surface area contributed by atoms with E-state index in [4.69, 9.17) is 21.4 Å². The zero-order valence-electron chi connectivity index (χ0n) is 10.5. The minimum atomic E-state index is -1.18. The molecule has 1 aromatic carbocycles. The number of halogens is 1. The molecule has 0 spiro atoms. The Hall–Kier alpha value is -2.07. The van der Waals surface area contributed by atoms with Crippen LogP contribution in [0.5, 0.6) is 11.6 Å². The number of carboxylic acids is 1. The van der Waals surface area contributed by atoms with E-state index < -0.39 is 5.97 Å². The standard InChI is InChI=1S/C14H12ClNO3/c1-8-3-4-10(7-9(8)2)19-12-6-5-11(15)13(16-12)14(17)18/h3-7H,1-2H3,(H,17,18). The predicted octanol–water partition coefficient (Wildman–Crippen LogP) is 3.84. The van der Waals surface area contributed by atoms with Gasteiger partial charge in [-0.15, -0.1) is 0 Å². The Balaban J connectivity index is 2.30. The highest BCUT2D eigenvalue weighted by Crippen LogP contribution is 2.24. The lowest BCUT2D eigenvalue weighted by Crippen LogP contribution is -2.02. The van der Waals surface area contributed by atoms with E-state index in [9.17, 15) is 4.79 Å². The lowest BCUT2D eigenvalue weighted by atomic mass is 10.1. The van der Waals surface area contributed by atoms with Crippen molar-refractivity contribution in [3.63, 3.8) is 0 Å². The number of hydrogen-bond donors (Lipinski definition) is 1. The number of aromatic nitrogens is 1. The second-order valence-electron chi connectivity index (χ2n) is 4.13. The fraction of sp³-hybridized carbons (Fsp3) is 0.143. The molecule has 0 amide bonds. The smallest absolute Gasteiger partial charge is 0.356 e. The van der Waals surface area contributed by atoms with Crippen molar-refractivity contribution in [3.8, 4) is 11.6 Å². The maximum Gasteiger partial charge on any atom is 0.356 e. The fourth-order valence-electron chi connectivity index (χ4n) is 1.53. The van der Waals surface area contributed by atoms with Crippen LogP contribution >= 0.6 is 11.6 Å². The van der Waals surface area contributed by atoms with Gasteiger partial charge in [-0.2, -0.15) is 0 Å². The molecule has 0 fully saturated rings. The Morgan fingerprint density at radius 2 is 1.95 bits per heavy atom. The zero-order valence-corrected chi connectivity index (χ0v) is 11.2. The minimum absolute atomic E-state index is 0.0833. The molecule has 5 heteroatoms. The third kappa shape index (κ3) is 3.03. The second-order valence-corrected chi connectivity index (χ2v) is 4.54. The lowest BCUT2D eigenvalue weighted by molar-refractivity contribution is 0.0690. The van der Waals surface area contributed by atoms with Crippen molar-refractivity contribution < 1.29 is 14.6 Å². The molecule has 4 nitrogen and oxygen atoms in total. The minimum Gasteiger partial charge on any atom is -0.476 e. The van der Waals surface area contributed by atoms with Crippen LogP contribution < -0.4 is 4.74 Å². The van der Waals surface area contributed by atoms with E-state index in [-0.39, 0.29) is 16.6 Å². The third-order valence-electron chi connectivity index (χ3n) is 2.72. The summed E-state index contributed by atoms with van der Waals surface area (Å²) < 4.78 is 5.53. The van der Waals surface area contributed by atoms with E-state index in [0.717, 1.165) is 11.1 Å². The van der Waals surface area contributed by atoms with Gasteiger partial charge in [-0.25, -0.2) is 9.78 Å². The van der Waals surface area contributed by atoms with Crippen molar-refractivity contribution in [2.45, 2.75) is 13.8 Å². The van der Waals surface area contributed by atoms with Crippen LogP contribution in [0.1, 0.15) is 21.6 Å². The van der Waals surface area contributed by atoms with Gasteiger partial charge in [-0.1, -0.05) is 17.7 Å². The summed E-state index contributed by atoms with van der Waals surface area (Å²) in [5, 5.41) is 9.02. The summed E-state index contributed by atoms with van der Waals surface area (Å²) >= 11 is 5.74. The van der Waals surface area contributed by atoms with Crippen molar-refractivity contribution in [2.24, 2.45) is 0 Å². The summed E-state index contributed by atoms with van der Waals surface area (Å²) in [4.78, 5) is 14.8. The van der Waals surface area contributed by atoms with E-state index in [1.165, 1.54) is 12.1 Å².